The van der Waals surface area contributed by atoms with E-state index in [1.165, 1.54) is 0 Å². The summed E-state index contributed by atoms with van der Waals surface area (Å²) in [4.78, 5) is 16.2. The number of aromatic nitrogens is 2. The van der Waals surface area contributed by atoms with Gasteiger partial charge in [-0.05, 0) is 41.5 Å². The first-order chi connectivity index (χ1) is 13.5. The molecule has 4 rings (SSSR count). The second-order valence-electron chi connectivity index (χ2n) is 6.52. The number of imidazole rings is 1. The molecule has 0 saturated heterocycles. The minimum absolute atomic E-state index is 0.224. The van der Waals surface area contributed by atoms with Crippen molar-refractivity contribution < 1.29 is 9.90 Å². The lowest BCUT2D eigenvalue weighted by molar-refractivity contribution is 0.0697. The first kappa shape index (κ1) is 18.5. The molecule has 0 unspecified atom stereocenters. The highest BCUT2D eigenvalue weighted by atomic mass is 35.5. The summed E-state index contributed by atoms with van der Waals surface area (Å²) in [7, 11) is 0. The monoisotopic (exact) mass is 410 g/mol. The van der Waals surface area contributed by atoms with E-state index in [2.05, 4.69) is 0 Å². The standard InChI is InChI=1S/C22H16Cl2N2O2/c23-17-8-6-16(18(24)12-17)13-26-20-11-15(22(27)28)7-9-19(20)25-21(26)10-14-4-2-1-3-5-14/h1-9,11-12H,10,13H2,(H,27,28). The van der Waals surface area contributed by atoms with Crippen molar-refractivity contribution in [1.82, 2.24) is 9.55 Å². The van der Waals surface area contributed by atoms with Crippen molar-refractivity contribution in [2.45, 2.75) is 13.0 Å². The molecule has 1 aromatic heterocycles. The number of aromatic carboxylic acids is 1. The number of carboxylic acid groups (broad SMARTS) is 1. The highest BCUT2D eigenvalue weighted by molar-refractivity contribution is 6.35. The molecule has 1 heterocycles. The molecule has 1 N–H and O–H groups in total. The zero-order valence-electron chi connectivity index (χ0n) is 14.8. The van der Waals surface area contributed by atoms with E-state index < -0.39 is 5.97 Å². The molecule has 0 fully saturated rings. The van der Waals surface area contributed by atoms with Crippen LogP contribution in [0.4, 0.5) is 0 Å². The Morgan fingerprint density at radius 3 is 2.50 bits per heavy atom. The predicted molar refractivity (Wildman–Crippen MR) is 112 cm³/mol. The third-order valence-corrected chi connectivity index (χ3v) is 5.21. The molecule has 0 aliphatic rings. The van der Waals surface area contributed by atoms with E-state index in [4.69, 9.17) is 28.2 Å². The Kier molecular flexibility index (Phi) is 5.07. The summed E-state index contributed by atoms with van der Waals surface area (Å²) >= 11 is 12.4. The summed E-state index contributed by atoms with van der Waals surface area (Å²) in [5, 5.41) is 10.5. The molecule has 28 heavy (non-hydrogen) atoms. The minimum atomic E-state index is -0.969. The van der Waals surface area contributed by atoms with Gasteiger partial charge in [-0.2, -0.15) is 0 Å². The number of halogens is 2. The van der Waals surface area contributed by atoms with Gasteiger partial charge in [0.25, 0.3) is 0 Å². The Hall–Kier alpha value is -2.82. The Morgan fingerprint density at radius 1 is 1.00 bits per heavy atom. The molecule has 0 radical (unpaired) electrons. The Morgan fingerprint density at radius 2 is 1.79 bits per heavy atom. The van der Waals surface area contributed by atoms with Gasteiger partial charge >= 0.3 is 5.97 Å². The van der Waals surface area contributed by atoms with Gasteiger partial charge in [0.05, 0.1) is 23.1 Å². The van der Waals surface area contributed by atoms with Crippen molar-refractivity contribution in [3.63, 3.8) is 0 Å². The van der Waals surface area contributed by atoms with E-state index in [0.29, 0.717) is 23.0 Å². The fraction of sp³-hybridized carbons (Fsp3) is 0.0909. The number of hydrogen-bond acceptors (Lipinski definition) is 2. The number of benzene rings is 3. The van der Waals surface area contributed by atoms with E-state index in [1.807, 2.05) is 41.0 Å². The molecule has 4 nitrogen and oxygen atoms in total. The molecule has 6 heteroatoms. The molecule has 4 aromatic rings. The fourth-order valence-corrected chi connectivity index (χ4v) is 3.68. The number of carboxylic acids is 1. The van der Waals surface area contributed by atoms with Crippen LogP contribution in [0.5, 0.6) is 0 Å². The summed E-state index contributed by atoms with van der Waals surface area (Å²) < 4.78 is 2.02. The summed E-state index contributed by atoms with van der Waals surface area (Å²) in [6, 6.07) is 20.4. The van der Waals surface area contributed by atoms with Gasteiger partial charge in [0.2, 0.25) is 0 Å². The maximum atomic E-state index is 11.4. The summed E-state index contributed by atoms with van der Waals surface area (Å²) in [5.41, 5.74) is 3.75. The molecule has 0 saturated carbocycles. The summed E-state index contributed by atoms with van der Waals surface area (Å²) in [5.74, 6) is -0.126. The van der Waals surface area contributed by atoms with E-state index in [1.54, 1.807) is 30.3 Å². The number of hydrogen-bond donors (Lipinski definition) is 1. The molecule has 3 aromatic carbocycles. The van der Waals surface area contributed by atoms with Gasteiger partial charge in [0, 0.05) is 16.5 Å². The number of carbonyl (C=O) groups is 1. The normalized spacial score (nSPS) is 11.1. The Bertz CT molecular complexity index is 1170. The molecule has 0 bridgehead atoms. The molecular formula is C22H16Cl2N2O2. The van der Waals surface area contributed by atoms with E-state index >= 15 is 0 Å². The fourth-order valence-electron chi connectivity index (χ4n) is 3.22. The smallest absolute Gasteiger partial charge is 0.335 e. The lowest BCUT2D eigenvalue weighted by Gasteiger charge is -2.12. The van der Waals surface area contributed by atoms with Crippen LogP contribution in [-0.2, 0) is 13.0 Å². The summed E-state index contributed by atoms with van der Waals surface area (Å²) in [6.07, 6.45) is 0.628. The Balaban J connectivity index is 1.84. The van der Waals surface area contributed by atoms with Gasteiger partial charge in [-0.25, -0.2) is 9.78 Å². The topological polar surface area (TPSA) is 55.1 Å². The van der Waals surface area contributed by atoms with Crippen LogP contribution in [-0.4, -0.2) is 20.6 Å². The van der Waals surface area contributed by atoms with Gasteiger partial charge in [0.1, 0.15) is 5.82 Å². The van der Waals surface area contributed by atoms with E-state index in [0.717, 1.165) is 28.0 Å². The quantitative estimate of drug-likeness (QED) is 0.460. The van der Waals surface area contributed by atoms with E-state index in [-0.39, 0.29) is 5.56 Å². The SMILES string of the molecule is O=C(O)c1ccc2nc(Cc3ccccc3)n(Cc3ccc(Cl)cc3Cl)c2c1. The predicted octanol–water partition coefficient (Wildman–Crippen LogP) is 5.68. The average Bonchev–Trinajstić information content (AvgIpc) is 3.01. The number of nitrogens with zero attached hydrogens (tertiary/aromatic N) is 2. The molecule has 0 atom stereocenters. The first-order valence-corrected chi connectivity index (χ1v) is 9.47. The van der Waals surface area contributed by atoms with Crippen LogP contribution in [0.2, 0.25) is 10.0 Å². The molecule has 0 spiro atoms. The van der Waals surface area contributed by atoms with Crippen molar-refractivity contribution in [1.29, 1.82) is 0 Å². The van der Waals surface area contributed by atoms with Gasteiger partial charge < -0.3 is 9.67 Å². The van der Waals surface area contributed by atoms with Crippen molar-refractivity contribution in [3.05, 3.63) is 99.3 Å². The molecular weight excluding hydrogens is 395 g/mol. The van der Waals surface area contributed by atoms with Crippen molar-refractivity contribution >= 4 is 40.2 Å². The van der Waals surface area contributed by atoms with Crippen LogP contribution < -0.4 is 0 Å². The van der Waals surface area contributed by atoms with Crippen LogP contribution in [0.1, 0.15) is 27.3 Å². The molecule has 0 aliphatic heterocycles. The third kappa shape index (κ3) is 3.75. The maximum Gasteiger partial charge on any atom is 0.335 e. The average molecular weight is 411 g/mol. The lowest BCUT2D eigenvalue weighted by Crippen LogP contribution is -2.07. The number of fused-ring (bicyclic) bond motifs is 1. The zero-order valence-corrected chi connectivity index (χ0v) is 16.3. The van der Waals surface area contributed by atoms with Crippen LogP contribution >= 0.6 is 23.2 Å². The second kappa shape index (κ2) is 7.66. The van der Waals surface area contributed by atoms with Crippen LogP contribution in [0.15, 0.2) is 66.7 Å². The zero-order chi connectivity index (χ0) is 19.7. The van der Waals surface area contributed by atoms with Gasteiger partial charge in [-0.3, -0.25) is 0 Å². The van der Waals surface area contributed by atoms with E-state index in [9.17, 15) is 9.90 Å². The second-order valence-corrected chi connectivity index (χ2v) is 7.36. The molecule has 140 valence electrons. The van der Waals surface area contributed by atoms with Gasteiger partial charge in [-0.15, -0.1) is 0 Å². The molecule has 0 amide bonds. The van der Waals surface area contributed by atoms with Crippen molar-refractivity contribution in [3.8, 4) is 0 Å². The van der Waals surface area contributed by atoms with Crippen LogP contribution in [0.25, 0.3) is 11.0 Å². The van der Waals surface area contributed by atoms with Crippen LogP contribution in [0, 0.1) is 0 Å². The largest absolute Gasteiger partial charge is 0.478 e. The van der Waals surface area contributed by atoms with Gasteiger partial charge in [-0.1, -0.05) is 59.6 Å². The van der Waals surface area contributed by atoms with Crippen molar-refractivity contribution in [2.75, 3.05) is 0 Å². The highest BCUT2D eigenvalue weighted by Crippen LogP contribution is 2.26. The van der Waals surface area contributed by atoms with Gasteiger partial charge in [0.15, 0.2) is 0 Å². The minimum Gasteiger partial charge on any atom is -0.478 e. The maximum absolute atomic E-state index is 11.4. The van der Waals surface area contributed by atoms with Crippen LogP contribution in [0.3, 0.4) is 0 Å². The summed E-state index contributed by atoms with van der Waals surface area (Å²) in [6.45, 7) is 0.470. The number of rotatable bonds is 5. The third-order valence-electron chi connectivity index (χ3n) is 4.62. The Labute approximate surface area is 172 Å². The molecule has 0 aliphatic carbocycles. The highest BCUT2D eigenvalue weighted by Gasteiger charge is 2.15. The first-order valence-electron chi connectivity index (χ1n) is 8.71. The lowest BCUT2D eigenvalue weighted by atomic mass is 10.1. The van der Waals surface area contributed by atoms with Crippen molar-refractivity contribution in [2.24, 2.45) is 0 Å².